The molecule has 4 heteroatoms. The molecule has 0 aliphatic carbocycles. The third kappa shape index (κ3) is 6.17. The molecule has 0 N–H and O–H groups in total. The highest BCUT2D eigenvalue weighted by Crippen LogP contribution is 2.18. The Morgan fingerprint density at radius 2 is 1.76 bits per heavy atom. The zero-order chi connectivity index (χ0) is 12.3. The Hall–Kier alpha value is -0.420. The van der Waals surface area contributed by atoms with Crippen LogP contribution in [0.4, 0.5) is 0 Å². The van der Waals surface area contributed by atoms with E-state index in [2.05, 4.69) is 28.1 Å². The monoisotopic (exact) mass is 302 g/mol. The second-order valence-electron chi connectivity index (χ2n) is 3.53. The second kappa shape index (κ2) is 9.59. The first-order chi connectivity index (χ1) is 8.38. The van der Waals surface area contributed by atoms with Gasteiger partial charge in [0.15, 0.2) is 0 Å². The normalized spacial score (nSPS) is 12.6. The van der Waals surface area contributed by atoms with Crippen LogP contribution >= 0.6 is 15.9 Å². The fourth-order valence-corrected chi connectivity index (χ4v) is 1.95. The SMILES string of the molecule is COCCOCCOC(CBr)c1ccccc1. The average molecular weight is 303 g/mol. The largest absolute Gasteiger partial charge is 0.382 e. The number of hydrogen-bond donors (Lipinski definition) is 0. The molecule has 0 aliphatic heterocycles. The number of rotatable bonds is 9. The Labute approximate surface area is 111 Å². The quantitative estimate of drug-likeness (QED) is 0.518. The van der Waals surface area contributed by atoms with Crippen LogP contribution in [0.25, 0.3) is 0 Å². The third-order valence-electron chi connectivity index (χ3n) is 2.29. The number of halogens is 1. The molecular weight excluding hydrogens is 284 g/mol. The van der Waals surface area contributed by atoms with Crippen LogP contribution in [0, 0.1) is 0 Å². The minimum absolute atomic E-state index is 0.0854. The van der Waals surface area contributed by atoms with Crippen molar-refractivity contribution in [2.75, 3.05) is 38.9 Å². The van der Waals surface area contributed by atoms with Crippen LogP contribution in [0.2, 0.25) is 0 Å². The summed E-state index contributed by atoms with van der Waals surface area (Å²) in [4.78, 5) is 0. The molecule has 0 aliphatic rings. The van der Waals surface area contributed by atoms with E-state index in [9.17, 15) is 0 Å². The lowest BCUT2D eigenvalue weighted by atomic mass is 10.1. The van der Waals surface area contributed by atoms with Gasteiger partial charge in [0.1, 0.15) is 0 Å². The predicted molar refractivity (Wildman–Crippen MR) is 71.6 cm³/mol. The zero-order valence-electron chi connectivity index (χ0n) is 10.1. The Kier molecular flexibility index (Phi) is 8.26. The van der Waals surface area contributed by atoms with Crippen molar-refractivity contribution in [3.63, 3.8) is 0 Å². The van der Waals surface area contributed by atoms with Crippen LogP contribution in [-0.4, -0.2) is 38.9 Å². The molecule has 0 fully saturated rings. The van der Waals surface area contributed by atoms with Crippen molar-refractivity contribution < 1.29 is 14.2 Å². The highest BCUT2D eigenvalue weighted by molar-refractivity contribution is 9.09. The summed E-state index contributed by atoms with van der Waals surface area (Å²) in [5.74, 6) is 0. The van der Waals surface area contributed by atoms with E-state index in [0.717, 1.165) is 5.33 Å². The van der Waals surface area contributed by atoms with Crippen LogP contribution in [-0.2, 0) is 14.2 Å². The van der Waals surface area contributed by atoms with Gasteiger partial charge in [0.25, 0.3) is 0 Å². The molecule has 0 amide bonds. The van der Waals surface area contributed by atoms with Crippen LogP contribution in [0.15, 0.2) is 30.3 Å². The summed E-state index contributed by atoms with van der Waals surface area (Å²) < 4.78 is 16.0. The molecule has 0 aromatic heterocycles. The van der Waals surface area contributed by atoms with Crippen molar-refractivity contribution in [2.24, 2.45) is 0 Å². The smallest absolute Gasteiger partial charge is 0.0922 e. The molecule has 1 aromatic rings. The summed E-state index contributed by atoms with van der Waals surface area (Å²) in [6.45, 7) is 2.43. The van der Waals surface area contributed by atoms with E-state index < -0.39 is 0 Å². The van der Waals surface area contributed by atoms with Gasteiger partial charge < -0.3 is 14.2 Å². The molecular formula is C13H19BrO3. The molecule has 96 valence electrons. The molecule has 0 saturated carbocycles. The Morgan fingerprint density at radius 3 is 2.41 bits per heavy atom. The Bertz CT molecular complexity index is 279. The Morgan fingerprint density at radius 1 is 1.06 bits per heavy atom. The fourth-order valence-electron chi connectivity index (χ4n) is 1.39. The van der Waals surface area contributed by atoms with Gasteiger partial charge in [-0.15, -0.1) is 0 Å². The highest BCUT2D eigenvalue weighted by atomic mass is 79.9. The average Bonchev–Trinajstić information content (AvgIpc) is 2.39. The van der Waals surface area contributed by atoms with Gasteiger partial charge in [-0.3, -0.25) is 0 Å². The Balaban J connectivity index is 2.20. The maximum Gasteiger partial charge on any atom is 0.0922 e. The number of benzene rings is 1. The molecule has 0 bridgehead atoms. The molecule has 0 spiro atoms. The van der Waals surface area contributed by atoms with E-state index in [0.29, 0.717) is 26.4 Å². The first-order valence-corrected chi connectivity index (χ1v) is 6.79. The van der Waals surface area contributed by atoms with Crippen molar-refractivity contribution >= 4 is 15.9 Å². The molecule has 1 unspecified atom stereocenters. The minimum atomic E-state index is 0.0854. The first kappa shape index (κ1) is 14.6. The summed E-state index contributed by atoms with van der Waals surface area (Å²) >= 11 is 3.46. The minimum Gasteiger partial charge on any atom is -0.382 e. The van der Waals surface area contributed by atoms with Crippen molar-refractivity contribution in [1.29, 1.82) is 0 Å². The van der Waals surface area contributed by atoms with Crippen molar-refractivity contribution in [2.45, 2.75) is 6.10 Å². The summed E-state index contributed by atoms with van der Waals surface area (Å²) in [6.07, 6.45) is 0.0854. The number of alkyl halides is 1. The summed E-state index contributed by atoms with van der Waals surface area (Å²) in [5, 5.41) is 0.787. The lowest BCUT2D eigenvalue weighted by Crippen LogP contribution is -2.12. The van der Waals surface area contributed by atoms with Gasteiger partial charge in [0.2, 0.25) is 0 Å². The lowest BCUT2D eigenvalue weighted by Gasteiger charge is -2.15. The summed E-state index contributed by atoms with van der Waals surface area (Å²) in [5.41, 5.74) is 1.18. The summed E-state index contributed by atoms with van der Waals surface area (Å²) in [7, 11) is 1.66. The first-order valence-electron chi connectivity index (χ1n) is 5.67. The molecule has 1 atom stereocenters. The molecule has 3 nitrogen and oxygen atoms in total. The third-order valence-corrected chi connectivity index (χ3v) is 2.88. The van der Waals surface area contributed by atoms with Crippen LogP contribution in [0.1, 0.15) is 11.7 Å². The maximum atomic E-state index is 5.74. The van der Waals surface area contributed by atoms with Gasteiger partial charge in [-0.2, -0.15) is 0 Å². The van der Waals surface area contributed by atoms with Crippen LogP contribution in [0.5, 0.6) is 0 Å². The van der Waals surface area contributed by atoms with Gasteiger partial charge in [-0.05, 0) is 5.56 Å². The number of methoxy groups -OCH3 is 1. The molecule has 1 aromatic carbocycles. The van der Waals surface area contributed by atoms with Crippen LogP contribution < -0.4 is 0 Å². The van der Waals surface area contributed by atoms with Crippen molar-refractivity contribution in [3.8, 4) is 0 Å². The lowest BCUT2D eigenvalue weighted by molar-refractivity contribution is 0.000727. The maximum absolute atomic E-state index is 5.74. The van der Waals surface area contributed by atoms with Gasteiger partial charge in [0, 0.05) is 12.4 Å². The van der Waals surface area contributed by atoms with E-state index in [1.165, 1.54) is 5.56 Å². The van der Waals surface area contributed by atoms with Gasteiger partial charge in [-0.1, -0.05) is 46.3 Å². The molecule has 0 saturated heterocycles. The van der Waals surface area contributed by atoms with Crippen molar-refractivity contribution in [3.05, 3.63) is 35.9 Å². The van der Waals surface area contributed by atoms with E-state index in [-0.39, 0.29) is 6.10 Å². The highest BCUT2D eigenvalue weighted by Gasteiger charge is 2.09. The molecule has 1 rings (SSSR count). The number of ether oxygens (including phenoxy) is 3. The topological polar surface area (TPSA) is 27.7 Å². The standard InChI is InChI=1S/C13H19BrO3/c1-15-7-8-16-9-10-17-13(11-14)12-5-3-2-4-6-12/h2-6,13H,7-11H2,1H3. The zero-order valence-corrected chi connectivity index (χ0v) is 11.7. The van der Waals surface area contributed by atoms with Gasteiger partial charge in [0.05, 0.1) is 32.5 Å². The number of hydrogen-bond acceptors (Lipinski definition) is 3. The van der Waals surface area contributed by atoms with Crippen LogP contribution in [0.3, 0.4) is 0 Å². The van der Waals surface area contributed by atoms with Gasteiger partial charge in [-0.25, -0.2) is 0 Å². The van der Waals surface area contributed by atoms with E-state index in [1.54, 1.807) is 7.11 Å². The van der Waals surface area contributed by atoms with Gasteiger partial charge >= 0.3 is 0 Å². The van der Waals surface area contributed by atoms with E-state index >= 15 is 0 Å². The molecule has 0 radical (unpaired) electrons. The molecule has 17 heavy (non-hydrogen) atoms. The van der Waals surface area contributed by atoms with E-state index in [4.69, 9.17) is 14.2 Å². The predicted octanol–water partition coefficient (Wildman–Crippen LogP) is 2.80. The van der Waals surface area contributed by atoms with Crippen molar-refractivity contribution in [1.82, 2.24) is 0 Å². The van der Waals surface area contributed by atoms with E-state index in [1.807, 2.05) is 18.2 Å². The summed E-state index contributed by atoms with van der Waals surface area (Å²) in [6, 6.07) is 10.2. The second-order valence-corrected chi connectivity index (χ2v) is 4.18. The fraction of sp³-hybridized carbons (Fsp3) is 0.538. The molecule has 0 heterocycles.